The number of hydrogen-bond donors (Lipinski definition) is 1. The molecule has 0 amide bonds. The van der Waals surface area contributed by atoms with Crippen molar-refractivity contribution in [3.63, 3.8) is 0 Å². The number of nitrogens with zero attached hydrogens (tertiary/aromatic N) is 2. The zero-order valence-corrected chi connectivity index (χ0v) is 14.9. The maximum absolute atomic E-state index is 13.8. The number of aliphatic hydroxyl groups excluding tert-OH is 1. The van der Waals surface area contributed by atoms with Gasteiger partial charge in [0.2, 0.25) is 0 Å². The average Bonchev–Trinajstić information content (AvgIpc) is 3.09. The number of rotatable bonds is 3. The molecule has 2 atom stereocenters. The SMILES string of the molecule is OC1CC(c2cc(F)c(F)cc2OC(F)F)c2c1nc1cc(F)c(Br)cn21. The van der Waals surface area contributed by atoms with E-state index in [-0.39, 0.29) is 27.8 Å². The van der Waals surface area contributed by atoms with Crippen LogP contribution in [0.5, 0.6) is 5.75 Å². The molecule has 0 saturated heterocycles. The normalized spacial score (nSPS) is 19.1. The summed E-state index contributed by atoms with van der Waals surface area (Å²) in [5, 5.41) is 10.3. The zero-order valence-electron chi connectivity index (χ0n) is 13.3. The number of fused-ring (bicyclic) bond motifs is 3. The topological polar surface area (TPSA) is 46.8 Å². The number of halogens is 6. The highest BCUT2D eigenvalue weighted by atomic mass is 79.9. The van der Waals surface area contributed by atoms with Gasteiger partial charge in [-0.15, -0.1) is 0 Å². The van der Waals surface area contributed by atoms with E-state index >= 15 is 0 Å². The van der Waals surface area contributed by atoms with Crippen molar-refractivity contribution in [3.8, 4) is 5.75 Å². The molecule has 1 aliphatic rings. The van der Waals surface area contributed by atoms with Crippen molar-refractivity contribution in [2.45, 2.75) is 25.1 Å². The Bertz CT molecular complexity index is 1060. The average molecular weight is 449 g/mol. The van der Waals surface area contributed by atoms with Crippen molar-refractivity contribution in [3.05, 3.63) is 63.3 Å². The van der Waals surface area contributed by atoms with Gasteiger partial charge in [0.1, 0.15) is 17.2 Å². The van der Waals surface area contributed by atoms with Crippen LogP contribution in [0, 0.1) is 17.5 Å². The van der Waals surface area contributed by atoms with Gasteiger partial charge in [0, 0.05) is 29.8 Å². The van der Waals surface area contributed by atoms with E-state index in [4.69, 9.17) is 0 Å². The van der Waals surface area contributed by atoms with Gasteiger partial charge in [0.25, 0.3) is 0 Å². The number of benzene rings is 1. The van der Waals surface area contributed by atoms with Crippen LogP contribution in [0.15, 0.2) is 28.9 Å². The van der Waals surface area contributed by atoms with Crippen LogP contribution in [0.3, 0.4) is 0 Å². The Morgan fingerprint density at radius 2 is 1.85 bits per heavy atom. The second-order valence-electron chi connectivity index (χ2n) is 6.07. The highest BCUT2D eigenvalue weighted by Crippen LogP contribution is 2.47. The largest absolute Gasteiger partial charge is 0.434 e. The Labute approximate surface area is 157 Å². The molecule has 0 spiro atoms. The molecule has 3 aromatic rings. The maximum atomic E-state index is 13.8. The number of hydrogen-bond acceptors (Lipinski definition) is 3. The quantitative estimate of drug-likeness (QED) is 0.591. The van der Waals surface area contributed by atoms with E-state index in [9.17, 15) is 27.1 Å². The minimum atomic E-state index is -3.25. The van der Waals surface area contributed by atoms with E-state index in [1.165, 1.54) is 10.6 Å². The molecule has 142 valence electrons. The molecule has 2 aromatic heterocycles. The van der Waals surface area contributed by atoms with Crippen LogP contribution in [-0.4, -0.2) is 21.1 Å². The first kappa shape index (κ1) is 18.2. The third-order valence-corrected chi connectivity index (χ3v) is 5.06. The molecule has 1 N–H and O–H groups in total. The Kier molecular flexibility index (Phi) is 4.34. The molecule has 2 unspecified atom stereocenters. The van der Waals surface area contributed by atoms with Crippen LogP contribution in [0.1, 0.15) is 35.4 Å². The smallest absolute Gasteiger partial charge is 0.387 e. The number of aliphatic hydroxyl groups is 1. The molecule has 10 heteroatoms. The first-order chi connectivity index (χ1) is 12.8. The van der Waals surface area contributed by atoms with Gasteiger partial charge in [-0.2, -0.15) is 8.78 Å². The van der Waals surface area contributed by atoms with Crippen LogP contribution in [0.25, 0.3) is 5.65 Å². The third-order valence-electron chi connectivity index (χ3n) is 4.48. The predicted octanol–water partition coefficient (Wildman–Crippen LogP) is 4.68. The number of imidazole rings is 1. The number of ether oxygens (including phenoxy) is 1. The first-order valence-electron chi connectivity index (χ1n) is 7.75. The van der Waals surface area contributed by atoms with Gasteiger partial charge in [-0.1, -0.05) is 0 Å². The number of alkyl halides is 2. The molecule has 27 heavy (non-hydrogen) atoms. The number of aromatic nitrogens is 2. The summed E-state index contributed by atoms with van der Waals surface area (Å²) in [6.07, 6.45) is 0.286. The molecule has 0 saturated carbocycles. The second-order valence-corrected chi connectivity index (χ2v) is 6.92. The third kappa shape index (κ3) is 2.96. The van der Waals surface area contributed by atoms with Gasteiger partial charge >= 0.3 is 6.61 Å². The highest BCUT2D eigenvalue weighted by Gasteiger charge is 2.38. The summed E-state index contributed by atoms with van der Waals surface area (Å²) in [4.78, 5) is 4.18. The zero-order chi connectivity index (χ0) is 19.5. The van der Waals surface area contributed by atoms with Gasteiger partial charge in [-0.3, -0.25) is 0 Å². The van der Waals surface area contributed by atoms with Crippen molar-refractivity contribution < 1.29 is 31.8 Å². The lowest BCUT2D eigenvalue weighted by Crippen LogP contribution is -2.10. The van der Waals surface area contributed by atoms with E-state index in [1.54, 1.807) is 0 Å². The van der Waals surface area contributed by atoms with Crippen molar-refractivity contribution in [1.29, 1.82) is 0 Å². The lowest BCUT2D eigenvalue weighted by molar-refractivity contribution is -0.0508. The highest BCUT2D eigenvalue weighted by molar-refractivity contribution is 9.10. The fraction of sp³-hybridized carbons (Fsp3) is 0.235. The number of pyridine rings is 1. The summed E-state index contributed by atoms with van der Waals surface area (Å²) in [6.45, 7) is -3.25. The van der Waals surface area contributed by atoms with Crippen molar-refractivity contribution in [2.75, 3.05) is 0 Å². The van der Waals surface area contributed by atoms with Crippen molar-refractivity contribution in [2.24, 2.45) is 0 Å². The van der Waals surface area contributed by atoms with Crippen LogP contribution < -0.4 is 4.74 Å². The lowest BCUT2D eigenvalue weighted by Gasteiger charge is -2.18. The molecule has 1 aromatic carbocycles. The molecule has 0 aliphatic heterocycles. The summed E-state index contributed by atoms with van der Waals surface area (Å²) in [5.74, 6) is -4.50. The van der Waals surface area contributed by atoms with E-state index < -0.39 is 41.8 Å². The lowest BCUT2D eigenvalue weighted by atomic mass is 9.95. The minimum absolute atomic E-state index is 0.000270. The monoisotopic (exact) mass is 448 g/mol. The Balaban J connectivity index is 1.93. The Morgan fingerprint density at radius 3 is 2.56 bits per heavy atom. The van der Waals surface area contributed by atoms with E-state index in [0.717, 1.165) is 12.1 Å². The molecular formula is C17H10BrF5N2O2. The molecule has 4 nitrogen and oxygen atoms in total. The molecule has 4 rings (SSSR count). The van der Waals surface area contributed by atoms with Crippen LogP contribution in [0.4, 0.5) is 22.0 Å². The predicted molar refractivity (Wildman–Crippen MR) is 87.3 cm³/mol. The second kappa shape index (κ2) is 6.45. The fourth-order valence-electron chi connectivity index (χ4n) is 3.40. The van der Waals surface area contributed by atoms with Crippen LogP contribution in [-0.2, 0) is 0 Å². The molecule has 2 heterocycles. The molecule has 0 fully saturated rings. The van der Waals surface area contributed by atoms with E-state index in [1.807, 2.05) is 0 Å². The van der Waals surface area contributed by atoms with Gasteiger partial charge in [0.05, 0.1) is 22.0 Å². The standard InChI is InChI=1S/C17H10BrF5N2O2/c18-8-5-25-14(4-9(8)19)24-15-12(26)2-7(16(15)25)6-1-10(20)11(21)3-13(6)27-17(22)23/h1,3-5,7,12,17,26H,2H2. The van der Waals surface area contributed by atoms with Gasteiger partial charge in [0.15, 0.2) is 11.6 Å². The van der Waals surface area contributed by atoms with Crippen molar-refractivity contribution >= 4 is 21.6 Å². The van der Waals surface area contributed by atoms with E-state index in [2.05, 4.69) is 25.7 Å². The molecule has 0 radical (unpaired) electrons. The Morgan fingerprint density at radius 1 is 1.15 bits per heavy atom. The van der Waals surface area contributed by atoms with Crippen LogP contribution in [0.2, 0.25) is 0 Å². The first-order valence-corrected chi connectivity index (χ1v) is 8.54. The molecule has 1 aliphatic carbocycles. The molecule has 0 bridgehead atoms. The van der Waals surface area contributed by atoms with E-state index in [0.29, 0.717) is 11.8 Å². The van der Waals surface area contributed by atoms with Gasteiger partial charge in [-0.25, -0.2) is 18.2 Å². The summed E-state index contributed by atoms with van der Waals surface area (Å²) in [7, 11) is 0. The van der Waals surface area contributed by atoms with Crippen molar-refractivity contribution in [1.82, 2.24) is 9.38 Å². The maximum Gasteiger partial charge on any atom is 0.387 e. The Hall–Kier alpha value is -2.20. The summed E-state index contributed by atoms with van der Waals surface area (Å²) in [5.41, 5.74) is 0.700. The van der Waals surface area contributed by atoms with Crippen LogP contribution >= 0.6 is 15.9 Å². The van der Waals surface area contributed by atoms with Gasteiger partial charge < -0.3 is 14.2 Å². The summed E-state index contributed by atoms with van der Waals surface area (Å²) >= 11 is 3.05. The molecular weight excluding hydrogens is 439 g/mol. The van der Waals surface area contributed by atoms with Gasteiger partial charge in [-0.05, 0) is 28.4 Å². The minimum Gasteiger partial charge on any atom is -0.434 e. The summed E-state index contributed by atoms with van der Waals surface area (Å²) in [6, 6.07) is 2.44. The summed E-state index contributed by atoms with van der Waals surface area (Å²) < 4.78 is 72.5. The fourth-order valence-corrected chi connectivity index (χ4v) is 3.72.